The smallest absolute Gasteiger partial charge is 0.323 e. The van der Waals surface area contributed by atoms with Crippen LogP contribution in [0, 0.1) is 6.92 Å². The molecule has 0 aliphatic carbocycles. The number of fused-ring (bicyclic) bond motifs is 1. The third-order valence-electron chi connectivity index (χ3n) is 5.16. The lowest BCUT2D eigenvalue weighted by Crippen LogP contribution is -2.37. The molecule has 5 rings (SSSR count). The highest BCUT2D eigenvalue weighted by atomic mass is 16.5. The fourth-order valence-corrected chi connectivity index (χ4v) is 3.61. The van der Waals surface area contributed by atoms with Crippen molar-refractivity contribution in [1.29, 1.82) is 0 Å². The number of aromatic nitrogens is 3. The first kappa shape index (κ1) is 17.3. The number of aryl methyl sites for hydroxylation is 1. The number of amides is 2. The Morgan fingerprint density at radius 2 is 2.24 bits per heavy atom. The van der Waals surface area contributed by atoms with Crippen molar-refractivity contribution in [3.8, 4) is 11.3 Å². The van der Waals surface area contributed by atoms with Gasteiger partial charge in [-0.3, -0.25) is 5.32 Å². The Kier molecular flexibility index (Phi) is 4.16. The second-order valence-electron chi connectivity index (χ2n) is 6.92. The molecule has 0 unspecified atom stereocenters. The number of H-pyrrole nitrogens is 1. The Morgan fingerprint density at radius 3 is 3.03 bits per heavy atom. The number of carbonyl (C=O) groups is 1. The van der Waals surface area contributed by atoms with Gasteiger partial charge in [0.25, 0.3) is 0 Å². The van der Waals surface area contributed by atoms with E-state index in [1.807, 2.05) is 19.2 Å². The minimum Gasteiger partial charge on any atom is -0.469 e. The molecule has 1 aliphatic rings. The van der Waals surface area contributed by atoms with Crippen LogP contribution in [0.4, 0.5) is 10.6 Å². The van der Waals surface area contributed by atoms with E-state index in [4.69, 9.17) is 8.94 Å². The molecule has 8 nitrogen and oxygen atoms in total. The van der Waals surface area contributed by atoms with E-state index < -0.39 is 0 Å². The molecular formula is C21H19N5O3. The molecular weight excluding hydrogens is 370 g/mol. The predicted molar refractivity (Wildman–Crippen MR) is 108 cm³/mol. The van der Waals surface area contributed by atoms with E-state index in [1.54, 1.807) is 29.5 Å². The Labute approximate surface area is 166 Å². The first-order valence-electron chi connectivity index (χ1n) is 9.37. The van der Waals surface area contributed by atoms with Gasteiger partial charge in [-0.05, 0) is 37.1 Å². The number of nitrogens with zero attached hydrogens (tertiary/aromatic N) is 3. The lowest BCUT2D eigenvalue weighted by molar-refractivity contribution is 0.216. The van der Waals surface area contributed by atoms with Crippen LogP contribution in [0.15, 0.2) is 57.9 Å². The third kappa shape index (κ3) is 3.18. The van der Waals surface area contributed by atoms with Crippen LogP contribution in [0.25, 0.3) is 27.9 Å². The minimum absolute atomic E-state index is 0.204. The number of urea groups is 1. The SMILES string of the molecule is Cc1occc1-c1cc(NC(=O)N2CC=C(c3c[nH]c4ncccc34)CC2)no1. The topological polar surface area (TPSA) is 100 Å². The van der Waals surface area contributed by atoms with Gasteiger partial charge in [-0.25, -0.2) is 9.78 Å². The number of pyridine rings is 1. The minimum atomic E-state index is -0.204. The van der Waals surface area contributed by atoms with Crippen molar-refractivity contribution < 1.29 is 13.7 Å². The van der Waals surface area contributed by atoms with Crippen LogP contribution >= 0.6 is 0 Å². The third-order valence-corrected chi connectivity index (χ3v) is 5.16. The number of furan rings is 1. The van der Waals surface area contributed by atoms with Crippen LogP contribution in [0.2, 0.25) is 0 Å². The van der Waals surface area contributed by atoms with Crippen LogP contribution in [-0.2, 0) is 0 Å². The maximum absolute atomic E-state index is 12.6. The number of nitrogens with one attached hydrogen (secondary N) is 2. The quantitative estimate of drug-likeness (QED) is 0.539. The fraction of sp³-hybridized carbons (Fsp3) is 0.190. The van der Waals surface area contributed by atoms with Gasteiger partial charge >= 0.3 is 6.03 Å². The molecule has 2 amide bonds. The van der Waals surface area contributed by atoms with Gasteiger partial charge < -0.3 is 18.8 Å². The highest BCUT2D eigenvalue weighted by molar-refractivity contribution is 5.92. The summed E-state index contributed by atoms with van der Waals surface area (Å²) in [7, 11) is 0. The van der Waals surface area contributed by atoms with Gasteiger partial charge in [0.15, 0.2) is 11.6 Å². The average Bonchev–Trinajstić information content (AvgIpc) is 3.47. The Hall–Kier alpha value is -3.81. The maximum Gasteiger partial charge on any atom is 0.323 e. The summed E-state index contributed by atoms with van der Waals surface area (Å²) in [5.74, 6) is 1.67. The Bertz CT molecular complexity index is 1220. The summed E-state index contributed by atoms with van der Waals surface area (Å²) < 4.78 is 10.6. The van der Waals surface area contributed by atoms with Gasteiger partial charge in [0.2, 0.25) is 0 Å². The summed E-state index contributed by atoms with van der Waals surface area (Å²) in [6.45, 7) is 2.99. The molecule has 5 heterocycles. The van der Waals surface area contributed by atoms with Crippen molar-refractivity contribution in [3.63, 3.8) is 0 Å². The first-order valence-corrected chi connectivity index (χ1v) is 9.37. The molecule has 1 aliphatic heterocycles. The molecule has 2 N–H and O–H groups in total. The van der Waals surface area contributed by atoms with Crippen LogP contribution < -0.4 is 5.32 Å². The monoisotopic (exact) mass is 389 g/mol. The molecule has 0 radical (unpaired) electrons. The van der Waals surface area contributed by atoms with E-state index in [0.29, 0.717) is 24.7 Å². The molecule has 0 bridgehead atoms. The van der Waals surface area contributed by atoms with E-state index in [9.17, 15) is 4.79 Å². The van der Waals surface area contributed by atoms with Crippen LogP contribution in [-0.4, -0.2) is 39.1 Å². The highest BCUT2D eigenvalue weighted by Gasteiger charge is 2.21. The molecule has 0 aromatic carbocycles. The number of hydrogen-bond acceptors (Lipinski definition) is 5. The van der Waals surface area contributed by atoms with Gasteiger partial charge in [-0.15, -0.1) is 0 Å². The van der Waals surface area contributed by atoms with E-state index in [0.717, 1.165) is 34.3 Å². The second-order valence-corrected chi connectivity index (χ2v) is 6.92. The van der Waals surface area contributed by atoms with E-state index in [1.165, 1.54) is 5.57 Å². The van der Waals surface area contributed by atoms with Gasteiger partial charge in [0.05, 0.1) is 11.8 Å². The van der Waals surface area contributed by atoms with E-state index >= 15 is 0 Å². The molecule has 4 aromatic rings. The van der Waals surface area contributed by atoms with Crippen molar-refractivity contribution in [2.24, 2.45) is 0 Å². The molecule has 146 valence electrons. The standard InChI is InChI=1S/C21H19N5O3/c1-13-15(6-10-28-13)18-11-19(25-29-18)24-21(27)26-8-4-14(5-9-26)17-12-23-20-16(17)3-2-7-22-20/h2-4,6-7,10-12H,5,8-9H2,1H3,(H,22,23)(H,24,25,27). The zero-order valence-corrected chi connectivity index (χ0v) is 15.8. The lowest BCUT2D eigenvalue weighted by atomic mass is 10.00. The number of rotatable bonds is 3. The second kappa shape index (κ2) is 6.97. The molecule has 8 heteroatoms. The lowest BCUT2D eigenvalue weighted by Gasteiger charge is -2.26. The van der Waals surface area contributed by atoms with Crippen molar-refractivity contribution in [2.45, 2.75) is 13.3 Å². The molecule has 0 saturated carbocycles. The molecule has 0 fully saturated rings. The van der Waals surface area contributed by atoms with Crippen molar-refractivity contribution in [3.05, 3.63) is 60.3 Å². The summed E-state index contributed by atoms with van der Waals surface area (Å²) in [5.41, 5.74) is 4.05. The summed E-state index contributed by atoms with van der Waals surface area (Å²) in [6, 6.07) is 7.28. The predicted octanol–water partition coefficient (Wildman–Crippen LogP) is 4.44. The largest absolute Gasteiger partial charge is 0.469 e. The van der Waals surface area contributed by atoms with Crippen LogP contribution in [0.1, 0.15) is 17.7 Å². The molecule has 0 spiro atoms. The van der Waals surface area contributed by atoms with E-state index in [2.05, 4.69) is 32.6 Å². The van der Waals surface area contributed by atoms with Gasteiger partial charge in [0.1, 0.15) is 11.4 Å². The number of anilines is 1. The summed E-state index contributed by atoms with van der Waals surface area (Å²) >= 11 is 0. The number of aromatic amines is 1. The van der Waals surface area contributed by atoms with Crippen molar-refractivity contribution in [2.75, 3.05) is 18.4 Å². The maximum atomic E-state index is 12.6. The highest BCUT2D eigenvalue weighted by Crippen LogP contribution is 2.29. The number of carbonyl (C=O) groups excluding carboxylic acids is 1. The Balaban J connectivity index is 1.27. The summed E-state index contributed by atoms with van der Waals surface area (Å²) in [4.78, 5) is 21.9. The molecule has 0 atom stereocenters. The van der Waals surface area contributed by atoms with Crippen molar-refractivity contribution in [1.82, 2.24) is 20.0 Å². The summed E-state index contributed by atoms with van der Waals surface area (Å²) in [6.07, 6.45) is 8.20. The van der Waals surface area contributed by atoms with Gasteiger partial charge in [-0.1, -0.05) is 11.2 Å². The Morgan fingerprint density at radius 1 is 1.31 bits per heavy atom. The average molecular weight is 389 g/mol. The van der Waals surface area contributed by atoms with Crippen LogP contribution in [0.3, 0.4) is 0 Å². The molecule has 29 heavy (non-hydrogen) atoms. The number of hydrogen-bond donors (Lipinski definition) is 2. The van der Waals surface area contributed by atoms with Gasteiger partial charge in [0, 0.05) is 42.5 Å². The molecule has 0 saturated heterocycles. The van der Waals surface area contributed by atoms with E-state index in [-0.39, 0.29) is 6.03 Å². The zero-order valence-electron chi connectivity index (χ0n) is 15.8. The van der Waals surface area contributed by atoms with Crippen molar-refractivity contribution >= 4 is 28.5 Å². The van der Waals surface area contributed by atoms with Gasteiger partial charge in [-0.2, -0.15) is 0 Å². The molecule has 4 aromatic heterocycles. The normalized spacial score (nSPS) is 14.2. The van der Waals surface area contributed by atoms with Crippen LogP contribution in [0.5, 0.6) is 0 Å². The zero-order chi connectivity index (χ0) is 19.8. The first-order chi connectivity index (χ1) is 14.2. The summed E-state index contributed by atoms with van der Waals surface area (Å²) in [5, 5.41) is 7.83. The fourth-order valence-electron chi connectivity index (χ4n) is 3.61.